The lowest BCUT2D eigenvalue weighted by molar-refractivity contribution is 0.431. The first-order valence-corrected chi connectivity index (χ1v) is 13.6. The third-order valence-corrected chi connectivity index (χ3v) is 7.71. The molecule has 1 aliphatic rings. The van der Waals surface area contributed by atoms with E-state index in [0.29, 0.717) is 22.8 Å². The largest absolute Gasteiger partial charge is 0.508 e. The van der Waals surface area contributed by atoms with Gasteiger partial charge < -0.3 is 24.7 Å². The topological polar surface area (TPSA) is 99.0 Å². The highest BCUT2D eigenvalue weighted by Crippen LogP contribution is 2.51. The molecule has 1 aliphatic carbocycles. The molecule has 1 saturated carbocycles. The van der Waals surface area contributed by atoms with Crippen LogP contribution in [-0.4, -0.2) is 20.2 Å². The van der Waals surface area contributed by atoms with E-state index < -0.39 is 0 Å². The molecule has 0 spiro atoms. The van der Waals surface area contributed by atoms with Crippen molar-refractivity contribution >= 4 is 34.2 Å². The Kier molecular flexibility index (Phi) is 6.33. The summed E-state index contributed by atoms with van der Waals surface area (Å²) in [5, 5.41) is 18.4. The maximum atomic E-state index is 9.70. The van der Waals surface area contributed by atoms with Gasteiger partial charge >= 0.3 is 0 Å². The number of nitrogens with zero attached hydrogens (tertiary/aromatic N) is 2. The fourth-order valence-corrected chi connectivity index (χ4v) is 5.04. The van der Waals surface area contributed by atoms with Crippen LogP contribution in [-0.2, 0) is 0 Å². The smallest absolute Gasteiger partial charge is 0.274 e. The number of aromatic amines is 1. The minimum atomic E-state index is 0.215. The van der Waals surface area contributed by atoms with Crippen LogP contribution in [0.2, 0.25) is 0 Å². The molecule has 38 heavy (non-hydrogen) atoms. The summed E-state index contributed by atoms with van der Waals surface area (Å²) >= 11 is 1.56. The SMILES string of the molecule is CC/C=C(\Nc1cccc(NSc2ccc(-c3noc(-c4cc5cc(O)ccc5[nH]4)n3)cc2)c1)C1(C)CC1. The van der Waals surface area contributed by atoms with E-state index in [9.17, 15) is 5.11 Å². The third-order valence-electron chi connectivity index (χ3n) is 6.86. The molecule has 1 fully saturated rings. The molecular formula is C30H29N5O2S. The van der Waals surface area contributed by atoms with Gasteiger partial charge in [-0.15, -0.1) is 0 Å². The second-order valence-corrected chi connectivity index (χ2v) is 10.8. The minimum Gasteiger partial charge on any atom is -0.508 e. The molecular weight excluding hydrogens is 494 g/mol. The number of phenolic OH excluding ortho intramolecular Hbond substituents is 1. The molecule has 0 unspecified atom stereocenters. The summed E-state index contributed by atoms with van der Waals surface area (Å²) in [6, 6.07) is 23.5. The number of H-pyrrole nitrogens is 1. The van der Waals surface area contributed by atoms with Crippen molar-refractivity contribution in [1.82, 2.24) is 15.1 Å². The number of nitrogens with one attached hydrogen (secondary N) is 3. The maximum absolute atomic E-state index is 9.70. The molecule has 8 heteroatoms. The predicted octanol–water partition coefficient (Wildman–Crippen LogP) is 8.22. The van der Waals surface area contributed by atoms with Crippen LogP contribution in [0.3, 0.4) is 0 Å². The first-order chi connectivity index (χ1) is 18.5. The Morgan fingerprint density at radius 1 is 1.08 bits per heavy atom. The minimum absolute atomic E-state index is 0.215. The Hall–Kier alpha value is -4.17. The molecule has 0 amide bonds. The lowest BCUT2D eigenvalue weighted by Gasteiger charge is -2.18. The standard InChI is InChI=1S/C30H29N5O2S/c1-3-5-27(30(2)14-15-30)31-21-6-4-7-22(18-21)35-38-24-11-8-19(9-12-24)28-33-29(37-34-28)26-17-20-16-23(36)10-13-25(20)32-26/h4-13,16-18,31-32,35-36H,3,14-15H2,1-2H3/b27-5-. The van der Waals surface area contributed by atoms with E-state index in [1.165, 1.54) is 18.5 Å². The van der Waals surface area contributed by atoms with E-state index >= 15 is 0 Å². The van der Waals surface area contributed by atoms with E-state index in [1.807, 2.05) is 36.4 Å². The first-order valence-electron chi connectivity index (χ1n) is 12.8. The number of aromatic hydroxyl groups is 1. The molecule has 0 radical (unpaired) electrons. The van der Waals surface area contributed by atoms with Gasteiger partial charge in [-0.3, -0.25) is 0 Å². The molecule has 2 heterocycles. The number of benzene rings is 3. The van der Waals surface area contributed by atoms with Gasteiger partial charge in [0.15, 0.2) is 0 Å². The van der Waals surface area contributed by atoms with Crippen molar-refractivity contribution in [2.75, 3.05) is 10.0 Å². The van der Waals surface area contributed by atoms with Crippen LogP contribution in [0.25, 0.3) is 33.9 Å². The van der Waals surface area contributed by atoms with Crippen LogP contribution >= 0.6 is 11.9 Å². The Morgan fingerprint density at radius 2 is 1.89 bits per heavy atom. The molecule has 2 aromatic heterocycles. The zero-order chi connectivity index (χ0) is 26.1. The molecule has 7 nitrogen and oxygen atoms in total. The Labute approximate surface area is 225 Å². The number of aromatic nitrogens is 3. The number of allylic oxidation sites excluding steroid dienone is 2. The molecule has 6 rings (SSSR count). The molecule has 3 aromatic carbocycles. The zero-order valence-electron chi connectivity index (χ0n) is 21.3. The normalized spacial score (nSPS) is 14.5. The summed E-state index contributed by atoms with van der Waals surface area (Å²) in [5.41, 5.74) is 6.23. The molecule has 0 bridgehead atoms. The molecule has 4 N–H and O–H groups in total. The highest BCUT2D eigenvalue weighted by atomic mass is 32.2. The van der Waals surface area contributed by atoms with Crippen LogP contribution in [0.15, 0.2) is 94.0 Å². The first kappa shape index (κ1) is 24.2. The Balaban J connectivity index is 1.10. The van der Waals surface area contributed by atoms with E-state index in [-0.39, 0.29) is 5.75 Å². The van der Waals surface area contributed by atoms with Crippen LogP contribution in [0.5, 0.6) is 5.75 Å². The third kappa shape index (κ3) is 5.13. The average Bonchev–Trinajstić information content (AvgIpc) is 3.31. The predicted molar refractivity (Wildman–Crippen MR) is 154 cm³/mol. The summed E-state index contributed by atoms with van der Waals surface area (Å²) in [7, 11) is 0. The Morgan fingerprint density at radius 3 is 2.68 bits per heavy atom. The van der Waals surface area contributed by atoms with Crippen molar-refractivity contribution in [2.45, 2.75) is 38.0 Å². The molecule has 0 aliphatic heterocycles. The van der Waals surface area contributed by atoms with E-state index in [0.717, 1.165) is 39.2 Å². The summed E-state index contributed by atoms with van der Waals surface area (Å²) in [4.78, 5) is 8.88. The molecule has 0 atom stereocenters. The van der Waals surface area contributed by atoms with Gasteiger partial charge in [0.2, 0.25) is 5.82 Å². The number of hydrogen-bond acceptors (Lipinski definition) is 7. The number of hydrogen-bond donors (Lipinski definition) is 4. The van der Waals surface area contributed by atoms with Crippen LogP contribution in [0, 0.1) is 5.41 Å². The van der Waals surface area contributed by atoms with Crippen molar-refractivity contribution in [3.63, 3.8) is 0 Å². The summed E-state index contributed by atoms with van der Waals surface area (Å²) in [6.07, 6.45) is 5.83. The molecule has 0 saturated heterocycles. The number of rotatable bonds is 9. The average molecular weight is 524 g/mol. The van der Waals surface area contributed by atoms with Gasteiger partial charge in [-0.1, -0.05) is 31.1 Å². The number of anilines is 2. The second-order valence-electron chi connectivity index (χ2n) is 9.90. The number of fused-ring (bicyclic) bond motifs is 1. The van der Waals surface area contributed by atoms with Crippen LogP contribution in [0.4, 0.5) is 11.4 Å². The van der Waals surface area contributed by atoms with Gasteiger partial charge in [0.25, 0.3) is 5.89 Å². The fourth-order valence-electron chi connectivity index (χ4n) is 4.40. The van der Waals surface area contributed by atoms with Gasteiger partial charge in [-0.2, -0.15) is 4.98 Å². The van der Waals surface area contributed by atoms with Crippen LogP contribution in [0.1, 0.15) is 33.1 Å². The quantitative estimate of drug-likeness (QED) is 0.144. The molecule has 5 aromatic rings. The van der Waals surface area contributed by atoms with Gasteiger partial charge in [-0.05, 0) is 97.9 Å². The molecule has 192 valence electrons. The van der Waals surface area contributed by atoms with Crippen molar-refractivity contribution in [1.29, 1.82) is 0 Å². The van der Waals surface area contributed by atoms with Crippen LogP contribution < -0.4 is 10.0 Å². The van der Waals surface area contributed by atoms with Crippen molar-refractivity contribution in [3.8, 4) is 28.7 Å². The lowest BCUT2D eigenvalue weighted by Crippen LogP contribution is -2.09. The van der Waals surface area contributed by atoms with Crippen molar-refractivity contribution < 1.29 is 9.63 Å². The summed E-state index contributed by atoms with van der Waals surface area (Å²) in [5.74, 6) is 1.13. The monoisotopic (exact) mass is 523 g/mol. The zero-order valence-corrected chi connectivity index (χ0v) is 22.1. The van der Waals surface area contributed by atoms with Gasteiger partial charge in [0, 0.05) is 43.8 Å². The van der Waals surface area contributed by atoms with Gasteiger partial charge in [0.1, 0.15) is 11.4 Å². The van der Waals surface area contributed by atoms with Crippen molar-refractivity contribution in [2.24, 2.45) is 5.41 Å². The fraction of sp³-hybridized carbons (Fsp3) is 0.200. The van der Waals surface area contributed by atoms with E-state index in [1.54, 1.807) is 24.1 Å². The second kappa shape index (κ2) is 9.95. The van der Waals surface area contributed by atoms with Gasteiger partial charge in [0.05, 0.1) is 0 Å². The summed E-state index contributed by atoms with van der Waals surface area (Å²) in [6.45, 7) is 4.51. The number of phenols is 1. The van der Waals surface area contributed by atoms with E-state index in [2.05, 4.69) is 69.4 Å². The maximum Gasteiger partial charge on any atom is 0.274 e. The Bertz CT molecular complexity index is 1620. The van der Waals surface area contributed by atoms with E-state index in [4.69, 9.17) is 4.52 Å². The highest BCUT2D eigenvalue weighted by molar-refractivity contribution is 8.00. The highest BCUT2D eigenvalue weighted by Gasteiger charge is 2.41. The van der Waals surface area contributed by atoms with Crippen molar-refractivity contribution in [3.05, 3.63) is 84.6 Å². The van der Waals surface area contributed by atoms with Gasteiger partial charge in [-0.25, -0.2) is 0 Å². The lowest BCUT2D eigenvalue weighted by atomic mass is 10.0. The summed E-state index contributed by atoms with van der Waals surface area (Å²) < 4.78 is 8.94.